The van der Waals surface area contributed by atoms with Gasteiger partial charge >= 0.3 is 5.97 Å². The Kier molecular flexibility index (Phi) is 5.94. The predicted molar refractivity (Wildman–Crippen MR) is 54.4 cm³/mol. The summed E-state index contributed by atoms with van der Waals surface area (Å²) in [6, 6.07) is 0. The second-order valence-corrected chi connectivity index (χ2v) is 3.34. The Morgan fingerprint density at radius 3 is 2.23 bits per heavy atom. The predicted octanol–water partition coefficient (Wildman–Crippen LogP) is 2.85. The van der Waals surface area contributed by atoms with Gasteiger partial charge in [0.2, 0.25) is 0 Å². The lowest BCUT2D eigenvalue weighted by Gasteiger charge is -1.98. The van der Waals surface area contributed by atoms with Gasteiger partial charge in [-0.2, -0.15) is 0 Å². The molecule has 0 amide bonds. The van der Waals surface area contributed by atoms with Crippen molar-refractivity contribution in [2.45, 2.75) is 34.1 Å². The molecule has 0 aromatic rings. The van der Waals surface area contributed by atoms with Crippen LogP contribution in [0.25, 0.3) is 0 Å². The van der Waals surface area contributed by atoms with Crippen LogP contribution < -0.4 is 0 Å². The largest absolute Gasteiger partial charge is 0.462 e. The smallest absolute Gasteiger partial charge is 0.302 e. The zero-order valence-electron chi connectivity index (χ0n) is 8.89. The third-order valence-corrected chi connectivity index (χ3v) is 1.55. The third kappa shape index (κ3) is 8.86. The summed E-state index contributed by atoms with van der Waals surface area (Å²) in [6.07, 6.45) is 5.02. The van der Waals surface area contributed by atoms with Gasteiger partial charge in [-0.25, -0.2) is 0 Å². The van der Waals surface area contributed by atoms with E-state index >= 15 is 0 Å². The second kappa shape index (κ2) is 6.46. The molecule has 0 aliphatic heterocycles. The molecule has 0 spiro atoms. The van der Waals surface area contributed by atoms with Crippen molar-refractivity contribution in [3.05, 3.63) is 23.3 Å². The van der Waals surface area contributed by atoms with Crippen LogP contribution in [0.4, 0.5) is 0 Å². The number of carbonyl (C=O) groups is 1. The van der Waals surface area contributed by atoms with Crippen molar-refractivity contribution in [1.82, 2.24) is 0 Å². The van der Waals surface area contributed by atoms with E-state index < -0.39 is 0 Å². The Bertz CT molecular complexity index is 220. The van der Waals surface area contributed by atoms with E-state index in [9.17, 15) is 4.79 Å². The normalized spacial score (nSPS) is 10.9. The Morgan fingerprint density at radius 1 is 1.15 bits per heavy atom. The highest BCUT2D eigenvalue weighted by Crippen LogP contribution is 2.03. The fourth-order valence-corrected chi connectivity index (χ4v) is 0.750. The Morgan fingerprint density at radius 2 is 1.77 bits per heavy atom. The summed E-state index contributed by atoms with van der Waals surface area (Å²) in [4.78, 5) is 10.4. The Hall–Kier alpha value is -1.05. The van der Waals surface area contributed by atoms with Crippen LogP contribution in [0.15, 0.2) is 23.3 Å². The van der Waals surface area contributed by atoms with Gasteiger partial charge in [0.1, 0.15) is 6.61 Å². The highest BCUT2D eigenvalue weighted by Gasteiger charge is 1.90. The average molecular weight is 182 g/mol. The third-order valence-electron chi connectivity index (χ3n) is 1.55. The van der Waals surface area contributed by atoms with E-state index in [1.165, 1.54) is 18.1 Å². The van der Waals surface area contributed by atoms with Gasteiger partial charge < -0.3 is 4.74 Å². The first-order valence-corrected chi connectivity index (χ1v) is 4.44. The average Bonchev–Trinajstić information content (AvgIpc) is 2.00. The maximum absolute atomic E-state index is 10.4. The minimum atomic E-state index is -0.230. The standard InChI is InChI=1S/C11H18O2/c1-9(2)5-6-10(3)7-8-13-11(4)12/h5,7H,6,8H2,1-4H3/b10-7+. The number of carbonyl (C=O) groups excluding carboxylic acids is 1. The van der Waals surface area contributed by atoms with Crippen LogP contribution in [-0.2, 0) is 9.53 Å². The molecule has 0 rings (SSSR count). The molecule has 0 aromatic carbocycles. The summed E-state index contributed by atoms with van der Waals surface area (Å²) >= 11 is 0. The van der Waals surface area contributed by atoms with Gasteiger partial charge in [-0.15, -0.1) is 0 Å². The molecule has 0 unspecified atom stereocenters. The number of ether oxygens (including phenoxy) is 1. The van der Waals surface area contributed by atoms with E-state index in [-0.39, 0.29) is 5.97 Å². The molecule has 74 valence electrons. The maximum atomic E-state index is 10.4. The van der Waals surface area contributed by atoms with Crippen molar-refractivity contribution >= 4 is 5.97 Å². The lowest BCUT2D eigenvalue weighted by molar-refractivity contribution is -0.139. The molecule has 13 heavy (non-hydrogen) atoms. The zero-order chi connectivity index (χ0) is 10.3. The van der Waals surface area contributed by atoms with E-state index in [1.54, 1.807) is 0 Å². The molecule has 0 aliphatic rings. The van der Waals surface area contributed by atoms with Crippen LogP contribution in [0.2, 0.25) is 0 Å². The van der Waals surface area contributed by atoms with E-state index in [2.05, 4.69) is 19.9 Å². The van der Waals surface area contributed by atoms with Crippen molar-refractivity contribution in [3.8, 4) is 0 Å². The quantitative estimate of drug-likeness (QED) is 0.493. The van der Waals surface area contributed by atoms with E-state index in [1.807, 2.05) is 13.0 Å². The SMILES string of the molecule is CC(=O)OC/C=C(\C)CC=C(C)C. The zero-order valence-corrected chi connectivity index (χ0v) is 8.89. The highest BCUT2D eigenvalue weighted by molar-refractivity contribution is 5.66. The van der Waals surface area contributed by atoms with Gasteiger partial charge in [0.05, 0.1) is 0 Å². The fraction of sp³-hybridized carbons (Fsp3) is 0.545. The lowest BCUT2D eigenvalue weighted by atomic mass is 10.1. The van der Waals surface area contributed by atoms with Crippen molar-refractivity contribution in [2.75, 3.05) is 6.61 Å². The molecule has 0 N–H and O–H groups in total. The van der Waals surface area contributed by atoms with Crippen LogP contribution in [0.1, 0.15) is 34.1 Å². The van der Waals surface area contributed by atoms with Crippen LogP contribution in [0.5, 0.6) is 0 Å². The van der Waals surface area contributed by atoms with Crippen LogP contribution >= 0.6 is 0 Å². The summed E-state index contributed by atoms with van der Waals surface area (Å²) in [7, 11) is 0. The van der Waals surface area contributed by atoms with Gasteiger partial charge in [-0.3, -0.25) is 4.79 Å². The monoisotopic (exact) mass is 182 g/mol. The van der Waals surface area contributed by atoms with Gasteiger partial charge in [-0.05, 0) is 33.3 Å². The number of esters is 1. The van der Waals surface area contributed by atoms with Gasteiger partial charge in [-0.1, -0.05) is 17.2 Å². The second-order valence-electron chi connectivity index (χ2n) is 3.34. The molecule has 0 aliphatic carbocycles. The van der Waals surface area contributed by atoms with Crippen LogP contribution in [0.3, 0.4) is 0 Å². The first-order chi connectivity index (χ1) is 6.02. The summed E-state index contributed by atoms with van der Waals surface area (Å²) in [5.74, 6) is -0.230. The topological polar surface area (TPSA) is 26.3 Å². The van der Waals surface area contributed by atoms with Crippen molar-refractivity contribution < 1.29 is 9.53 Å². The summed E-state index contributed by atoms with van der Waals surface area (Å²) in [5, 5.41) is 0. The molecule has 2 heteroatoms. The number of rotatable bonds is 4. The minimum absolute atomic E-state index is 0.230. The number of allylic oxidation sites excluding steroid dienone is 3. The van der Waals surface area contributed by atoms with E-state index in [0.717, 1.165) is 6.42 Å². The summed E-state index contributed by atoms with van der Waals surface area (Å²) in [6.45, 7) is 7.97. The molecule has 0 saturated heterocycles. The van der Waals surface area contributed by atoms with E-state index in [0.29, 0.717) is 6.61 Å². The number of hydrogen-bond acceptors (Lipinski definition) is 2. The lowest BCUT2D eigenvalue weighted by Crippen LogP contribution is -1.98. The van der Waals surface area contributed by atoms with Gasteiger partial charge in [0.25, 0.3) is 0 Å². The van der Waals surface area contributed by atoms with Crippen LogP contribution in [0, 0.1) is 0 Å². The van der Waals surface area contributed by atoms with Crippen molar-refractivity contribution in [2.24, 2.45) is 0 Å². The Labute approximate surface area is 80.3 Å². The van der Waals surface area contributed by atoms with E-state index in [4.69, 9.17) is 4.74 Å². The Balaban J connectivity index is 3.76. The molecular formula is C11H18O2. The molecule has 0 saturated carbocycles. The highest BCUT2D eigenvalue weighted by atomic mass is 16.5. The summed E-state index contributed by atoms with van der Waals surface area (Å²) in [5.41, 5.74) is 2.53. The molecule has 0 heterocycles. The number of hydrogen-bond donors (Lipinski definition) is 0. The molecule has 0 bridgehead atoms. The molecule has 2 nitrogen and oxygen atoms in total. The van der Waals surface area contributed by atoms with Crippen LogP contribution in [-0.4, -0.2) is 12.6 Å². The molecule has 0 radical (unpaired) electrons. The maximum Gasteiger partial charge on any atom is 0.302 e. The molecular weight excluding hydrogens is 164 g/mol. The first-order valence-electron chi connectivity index (χ1n) is 4.44. The van der Waals surface area contributed by atoms with Gasteiger partial charge in [0, 0.05) is 6.92 Å². The molecule has 0 aromatic heterocycles. The minimum Gasteiger partial charge on any atom is -0.462 e. The first kappa shape index (κ1) is 11.9. The molecule has 0 fully saturated rings. The van der Waals surface area contributed by atoms with Crippen molar-refractivity contribution in [1.29, 1.82) is 0 Å². The van der Waals surface area contributed by atoms with Gasteiger partial charge in [0.15, 0.2) is 0 Å². The van der Waals surface area contributed by atoms with Crippen molar-refractivity contribution in [3.63, 3.8) is 0 Å². The molecule has 0 atom stereocenters. The fourth-order valence-electron chi connectivity index (χ4n) is 0.750. The summed E-state index contributed by atoms with van der Waals surface area (Å²) < 4.78 is 4.78.